The predicted octanol–water partition coefficient (Wildman–Crippen LogP) is 3.44. The van der Waals surface area contributed by atoms with Gasteiger partial charge in [0.2, 0.25) is 0 Å². The normalized spacial score (nSPS) is 10.2. The lowest BCUT2D eigenvalue weighted by atomic mass is 10.2. The van der Waals surface area contributed by atoms with Crippen LogP contribution in [0.1, 0.15) is 22.8 Å². The van der Waals surface area contributed by atoms with Gasteiger partial charge in [0.25, 0.3) is 5.91 Å². The van der Waals surface area contributed by atoms with E-state index in [1.807, 2.05) is 31.2 Å². The van der Waals surface area contributed by atoms with Gasteiger partial charge in [0, 0.05) is 31.4 Å². The largest absolute Gasteiger partial charge is 0.370 e. The average molecular weight is 304 g/mol. The molecule has 0 aliphatic rings. The van der Waals surface area contributed by atoms with E-state index in [9.17, 15) is 4.79 Å². The molecule has 0 fully saturated rings. The minimum atomic E-state index is -0.0703. The van der Waals surface area contributed by atoms with E-state index in [-0.39, 0.29) is 5.91 Å². The zero-order valence-corrected chi connectivity index (χ0v) is 12.9. The maximum atomic E-state index is 12.5. The second-order valence-corrected chi connectivity index (χ2v) is 5.16. The second kappa shape index (κ2) is 7.09. The molecule has 110 valence electrons. The summed E-state index contributed by atoms with van der Waals surface area (Å²) >= 11 is 5.97. The fraction of sp³-hybridized carbons (Fsp3) is 0.250. The number of hydrogen-bond donors (Lipinski definition) is 1. The highest BCUT2D eigenvalue weighted by Gasteiger charge is 2.16. The molecule has 1 aromatic carbocycles. The first-order valence-electron chi connectivity index (χ1n) is 6.80. The van der Waals surface area contributed by atoms with Crippen LogP contribution in [0.3, 0.4) is 0 Å². The Labute approximate surface area is 129 Å². The van der Waals surface area contributed by atoms with Gasteiger partial charge in [0.05, 0.1) is 5.56 Å². The van der Waals surface area contributed by atoms with Gasteiger partial charge in [-0.15, -0.1) is 0 Å². The van der Waals surface area contributed by atoms with E-state index in [1.165, 1.54) is 0 Å². The topological polar surface area (TPSA) is 45.2 Å². The smallest absolute Gasteiger partial charge is 0.257 e. The highest BCUT2D eigenvalue weighted by atomic mass is 35.5. The van der Waals surface area contributed by atoms with Crippen molar-refractivity contribution in [3.8, 4) is 0 Å². The monoisotopic (exact) mass is 303 g/mol. The standard InChI is InChI=1S/C16H18ClN3O/c1-3-18-15-14(8-5-9-19-15)16(21)20(2)11-12-6-4-7-13(17)10-12/h4-10H,3,11H2,1-2H3,(H,18,19). The van der Waals surface area contributed by atoms with Crippen LogP contribution in [-0.2, 0) is 6.54 Å². The van der Waals surface area contributed by atoms with Crippen molar-refractivity contribution in [2.24, 2.45) is 0 Å². The highest BCUT2D eigenvalue weighted by molar-refractivity contribution is 6.30. The van der Waals surface area contributed by atoms with Crippen LogP contribution in [0, 0.1) is 0 Å². The van der Waals surface area contributed by atoms with E-state index in [2.05, 4.69) is 10.3 Å². The molecule has 0 spiro atoms. The summed E-state index contributed by atoms with van der Waals surface area (Å²) < 4.78 is 0. The number of amides is 1. The van der Waals surface area contributed by atoms with Crippen molar-refractivity contribution in [2.45, 2.75) is 13.5 Å². The van der Waals surface area contributed by atoms with E-state index in [0.29, 0.717) is 22.9 Å². The van der Waals surface area contributed by atoms with Crippen molar-refractivity contribution in [3.05, 3.63) is 58.7 Å². The lowest BCUT2D eigenvalue weighted by molar-refractivity contribution is 0.0785. The molecule has 1 heterocycles. The van der Waals surface area contributed by atoms with Crippen molar-refractivity contribution >= 4 is 23.3 Å². The highest BCUT2D eigenvalue weighted by Crippen LogP contribution is 2.16. The number of hydrogen-bond acceptors (Lipinski definition) is 3. The van der Waals surface area contributed by atoms with Gasteiger partial charge in [0.1, 0.15) is 5.82 Å². The third kappa shape index (κ3) is 3.95. The van der Waals surface area contributed by atoms with Crippen LogP contribution in [0.15, 0.2) is 42.6 Å². The quantitative estimate of drug-likeness (QED) is 0.920. The number of nitrogens with one attached hydrogen (secondary N) is 1. The Kier molecular flexibility index (Phi) is 5.17. The first-order chi connectivity index (χ1) is 10.1. The molecule has 2 aromatic rings. The van der Waals surface area contributed by atoms with Gasteiger partial charge in [-0.1, -0.05) is 23.7 Å². The molecule has 0 bridgehead atoms. The first kappa shape index (κ1) is 15.3. The molecule has 0 saturated heterocycles. The summed E-state index contributed by atoms with van der Waals surface area (Å²) in [5.41, 5.74) is 1.57. The average Bonchev–Trinajstić information content (AvgIpc) is 2.47. The van der Waals surface area contributed by atoms with Crippen LogP contribution < -0.4 is 5.32 Å². The Morgan fingerprint density at radius 1 is 1.33 bits per heavy atom. The summed E-state index contributed by atoms with van der Waals surface area (Å²) in [7, 11) is 1.77. The summed E-state index contributed by atoms with van der Waals surface area (Å²) in [5, 5.41) is 3.77. The minimum absolute atomic E-state index is 0.0703. The Hall–Kier alpha value is -2.07. The summed E-state index contributed by atoms with van der Waals surface area (Å²) in [5.74, 6) is 0.543. The zero-order valence-electron chi connectivity index (χ0n) is 12.1. The lowest BCUT2D eigenvalue weighted by Gasteiger charge is -2.19. The maximum absolute atomic E-state index is 12.5. The predicted molar refractivity (Wildman–Crippen MR) is 85.7 cm³/mol. The molecule has 0 unspecified atom stereocenters. The number of benzene rings is 1. The molecule has 21 heavy (non-hydrogen) atoms. The van der Waals surface area contributed by atoms with Crippen LogP contribution in [0.2, 0.25) is 5.02 Å². The number of halogens is 1. The SMILES string of the molecule is CCNc1ncccc1C(=O)N(C)Cc1cccc(Cl)c1. The molecule has 0 aliphatic heterocycles. The number of pyridine rings is 1. The van der Waals surface area contributed by atoms with E-state index in [1.54, 1.807) is 30.3 Å². The molecule has 2 rings (SSSR count). The number of carbonyl (C=O) groups excluding carboxylic acids is 1. The first-order valence-corrected chi connectivity index (χ1v) is 7.18. The fourth-order valence-electron chi connectivity index (χ4n) is 2.07. The Balaban J connectivity index is 2.16. The maximum Gasteiger partial charge on any atom is 0.257 e. The van der Waals surface area contributed by atoms with E-state index in [4.69, 9.17) is 11.6 Å². The Morgan fingerprint density at radius 3 is 2.86 bits per heavy atom. The van der Waals surface area contributed by atoms with E-state index < -0.39 is 0 Å². The summed E-state index contributed by atoms with van der Waals surface area (Å²) in [4.78, 5) is 18.4. The van der Waals surface area contributed by atoms with Crippen molar-refractivity contribution in [1.82, 2.24) is 9.88 Å². The van der Waals surface area contributed by atoms with Gasteiger partial charge in [0.15, 0.2) is 0 Å². The third-order valence-electron chi connectivity index (χ3n) is 3.04. The zero-order chi connectivity index (χ0) is 15.2. The molecule has 1 amide bonds. The van der Waals surface area contributed by atoms with Crippen molar-refractivity contribution in [3.63, 3.8) is 0 Å². The number of carbonyl (C=O) groups is 1. The molecule has 0 saturated carbocycles. The van der Waals surface area contributed by atoms with Gasteiger partial charge in [-0.2, -0.15) is 0 Å². The van der Waals surface area contributed by atoms with Crippen molar-refractivity contribution < 1.29 is 4.79 Å². The molecule has 4 nitrogen and oxygen atoms in total. The lowest BCUT2D eigenvalue weighted by Crippen LogP contribution is -2.27. The van der Waals surface area contributed by atoms with Crippen LogP contribution in [-0.4, -0.2) is 29.4 Å². The molecule has 0 atom stereocenters. The van der Waals surface area contributed by atoms with Crippen LogP contribution >= 0.6 is 11.6 Å². The molecular weight excluding hydrogens is 286 g/mol. The molecular formula is C16H18ClN3O. The number of rotatable bonds is 5. The van der Waals surface area contributed by atoms with Gasteiger partial charge in [-0.05, 0) is 36.8 Å². The van der Waals surface area contributed by atoms with Crippen molar-refractivity contribution in [2.75, 3.05) is 18.9 Å². The van der Waals surface area contributed by atoms with Crippen molar-refractivity contribution in [1.29, 1.82) is 0 Å². The molecule has 0 aliphatic carbocycles. The van der Waals surface area contributed by atoms with Gasteiger partial charge in [-0.25, -0.2) is 4.98 Å². The van der Waals surface area contributed by atoms with Crippen LogP contribution in [0.25, 0.3) is 0 Å². The summed E-state index contributed by atoms with van der Waals surface area (Å²) in [6.45, 7) is 3.19. The van der Waals surface area contributed by atoms with Crippen LogP contribution in [0.5, 0.6) is 0 Å². The fourth-order valence-corrected chi connectivity index (χ4v) is 2.29. The Morgan fingerprint density at radius 2 is 2.14 bits per heavy atom. The summed E-state index contributed by atoms with van der Waals surface area (Å²) in [6.07, 6.45) is 1.67. The molecule has 5 heteroatoms. The van der Waals surface area contributed by atoms with Gasteiger partial charge in [-0.3, -0.25) is 4.79 Å². The van der Waals surface area contributed by atoms with Crippen LogP contribution in [0.4, 0.5) is 5.82 Å². The number of aromatic nitrogens is 1. The third-order valence-corrected chi connectivity index (χ3v) is 3.27. The van der Waals surface area contributed by atoms with Gasteiger partial charge < -0.3 is 10.2 Å². The van der Waals surface area contributed by atoms with E-state index in [0.717, 1.165) is 12.1 Å². The number of anilines is 1. The molecule has 1 aromatic heterocycles. The van der Waals surface area contributed by atoms with E-state index >= 15 is 0 Å². The second-order valence-electron chi connectivity index (χ2n) is 4.72. The molecule has 1 N–H and O–H groups in total. The number of nitrogens with zero attached hydrogens (tertiary/aromatic N) is 2. The summed E-state index contributed by atoms with van der Waals surface area (Å²) in [6, 6.07) is 11.0. The molecule has 0 radical (unpaired) electrons. The van der Waals surface area contributed by atoms with Gasteiger partial charge >= 0.3 is 0 Å². The Bertz CT molecular complexity index is 630. The minimum Gasteiger partial charge on any atom is -0.370 e.